The lowest BCUT2D eigenvalue weighted by atomic mass is 9.78. The number of ether oxygens (including phenoxy) is 2. The molecule has 0 aromatic heterocycles. The van der Waals surface area contributed by atoms with Gasteiger partial charge in [0.05, 0.1) is 12.0 Å². The normalized spacial score (nSPS) is 35.6. The number of carbonyl (C=O) groups excluding carboxylic acids is 3. The molecule has 4 heterocycles. The first kappa shape index (κ1) is 23.5. The Morgan fingerprint density at radius 3 is 2.59 bits per heavy atom. The molecule has 2 amide bonds. The Bertz CT molecular complexity index is 865. The number of esters is 1. The third kappa shape index (κ3) is 3.88. The van der Waals surface area contributed by atoms with Crippen LogP contribution < -0.4 is 0 Å². The third-order valence-corrected chi connectivity index (χ3v) is 8.27. The number of hydrogen-bond donors (Lipinski definition) is 1. The van der Waals surface area contributed by atoms with Crippen LogP contribution in [-0.2, 0) is 23.9 Å². The molecule has 8 nitrogen and oxygen atoms in total. The van der Waals surface area contributed by atoms with E-state index in [0.29, 0.717) is 13.1 Å². The molecule has 1 aliphatic carbocycles. The number of unbranched alkanes of at least 4 members (excludes halogenated alkanes) is 3. The van der Waals surface area contributed by atoms with Crippen LogP contribution in [0.2, 0.25) is 0 Å². The van der Waals surface area contributed by atoms with Gasteiger partial charge in [-0.2, -0.15) is 0 Å². The summed E-state index contributed by atoms with van der Waals surface area (Å²) in [5, 5.41) is 9.07. The molecule has 0 aromatic carbocycles. The van der Waals surface area contributed by atoms with E-state index in [0.717, 1.165) is 51.4 Å². The summed E-state index contributed by atoms with van der Waals surface area (Å²) < 4.78 is 11.9. The summed E-state index contributed by atoms with van der Waals surface area (Å²) in [6, 6.07) is -0.588. The Morgan fingerprint density at radius 2 is 1.79 bits per heavy atom. The van der Waals surface area contributed by atoms with Gasteiger partial charge in [-0.15, -0.1) is 0 Å². The van der Waals surface area contributed by atoms with E-state index in [2.05, 4.69) is 0 Å². The van der Waals surface area contributed by atoms with Crippen LogP contribution in [0.3, 0.4) is 0 Å². The van der Waals surface area contributed by atoms with Crippen molar-refractivity contribution in [1.82, 2.24) is 9.80 Å². The molecule has 4 aliphatic heterocycles. The molecule has 5 aliphatic rings. The Kier molecular flexibility index (Phi) is 6.80. The van der Waals surface area contributed by atoms with Crippen LogP contribution in [0.1, 0.15) is 57.8 Å². The molecular weight excluding hydrogens is 436 g/mol. The largest absolute Gasteiger partial charge is 0.461 e. The van der Waals surface area contributed by atoms with Crippen molar-refractivity contribution in [2.24, 2.45) is 11.8 Å². The predicted molar refractivity (Wildman–Crippen MR) is 123 cm³/mol. The molecule has 8 heteroatoms. The van der Waals surface area contributed by atoms with E-state index in [1.165, 1.54) is 6.42 Å². The number of aliphatic hydroxyl groups is 1. The smallest absolute Gasteiger partial charge is 0.313 e. The highest BCUT2D eigenvalue weighted by atomic mass is 16.6. The number of carbonyl (C=O) groups is 3. The molecule has 5 rings (SSSR count). The first-order valence-electron chi connectivity index (χ1n) is 13.0. The molecule has 1 spiro atoms. The fourth-order valence-electron chi connectivity index (χ4n) is 6.69. The van der Waals surface area contributed by atoms with E-state index >= 15 is 0 Å². The van der Waals surface area contributed by atoms with Crippen LogP contribution in [0.15, 0.2) is 24.3 Å². The minimum Gasteiger partial charge on any atom is -0.461 e. The zero-order valence-electron chi connectivity index (χ0n) is 19.8. The summed E-state index contributed by atoms with van der Waals surface area (Å²) in [5.74, 6) is -2.18. The Balaban J connectivity index is 1.48. The fraction of sp³-hybridized carbons (Fsp3) is 0.731. The summed E-state index contributed by atoms with van der Waals surface area (Å²) in [6.07, 6.45) is 15.5. The number of fused-ring (bicyclic) bond motifs is 2. The number of hydrogen-bond acceptors (Lipinski definition) is 6. The summed E-state index contributed by atoms with van der Waals surface area (Å²) in [5.41, 5.74) is -1.15. The quantitative estimate of drug-likeness (QED) is 0.346. The van der Waals surface area contributed by atoms with Crippen molar-refractivity contribution in [3.63, 3.8) is 0 Å². The topological polar surface area (TPSA) is 96.4 Å². The number of cyclic esters (lactones) is 1. The second-order valence-electron chi connectivity index (χ2n) is 10.3. The standard InChI is InChI=1S/C26H36N2O6/c29-16-7-2-1-6-14-28-22-24(31)27(18-10-4-3-5-11-18)15-9-13-26(22)21(23(28)30)20-19(34-26)12-8-17-33-25(20)32/h8-9,12-13,18-22,29H,1-7,10-11,14-17H2/t19-,20+,21-,22?,26-/m0/s1. The van der Waals surface area contributed by atoms with Gasteiger partial charge in [0, 0.05) is 25.7 Å². The summed E-state index contributed by atoms with van der Waals surface area (Å²) in [6.45, 7) is 1.27. The van der Waals surface area contributed by atoms with Gasteiger partial charge in [-0.05, 0) is 31.8 Å². The minimum atomic E-state index is -1.15. The average Bonchev–Trinajstić information content (AvgIpc) is 3.13. The number of nitrogens with zero attached hydrogens (tertiary/aromatic N) is 2. The molecule has 34 heavy (non-hydrogen) atoms. The molecule has 0 aromatic rings. The van der Waals surface area contributed by atoms with Gasteiger partial charge in [-0.25, -0.2) is 0 Å². The second-order valence-corrected chi connectivity index (χ2v) is 10.3. The van der Waals surface area contributed by atoms with Gasteiger partial charge in [0.25, 0.3) is 0 Å². The van der Waals surface area contributed by atoms with E-state index in [9.17, 15) is 14.4 Å². The van der Waals surface area contributed by atoms with Crippen LogP contribution >= 0.6 is 0 Å². The molecule has 1 unspecified atom stereocenters. The highest BCUT2D eigenvalue weighted by Gasteiger charge is 2.71. The monoisotopic (exact) mass is 472 g/mol. The van der Waals surface area contributed by atoms with Gasteiger partial charge in [0.15, 0.2) is 0 Å². The Labute approximate surface area is 200 Å². The zero-order valence-corrected chi connectivity index (χ0v) is 19.8. The molecule has 1 N–H and O–H groups in total. The molecule has 186 valence electrons. The first-order valence-corrected chi connectivity index (χ1v) is 13.0. The van der Waals surface area contributed by atoms with Gasteiger partial charge >= 0.3 is 5.97 Å². The lowest BCUT2D eigenvalue weighted by Crippen LogP contribution is -2.57. The Hall–Kier alpha value is -2.19. The van der Waals surface area contributed by atoms with Crippen molar-refractivity contribution >= 4 is 17.8 Å². The molecule has 0 radical (unpaired) electrons. The summed E-state index contributed by atoms with van der Waals surface area (Å²) in [4.78, 5) is 44.6. The number of likely N-dealkylation sites (tertiary alicyclic amines) is 1. The van der Waals surface area contributed by atoms with E-state index in [1.54, 1.807) is 11.0 Å². The third-order valence-electron chi connectivity index (χ3n) is 8.27. The number of amides is 2. The highest BCUT2D eigenvalue weighted by molar-refractivity contribution is 5.99. The summed E-state index contributed by atoms with van der Waals surface area (Å²) in [7, 11) is 0. The predicted octanol–water partition coefficient (Wildman–Crippen LogP) is 1.96. The highest BCUT2D eigenvalue weighted by Crippen LogP contribution is 2.53. The van der Waals surface area contributed by atoms with E-state index in [4.69, 9.17) is 14.6 Å². The van der Waals surface area contributed by atoms with Gasteiger partial charge in [-0.1, -0.05) is 50.3 Å². The lowest BCUT2D eigenvalue weighted by molar-refractivity contribution is -0.153. The van der Waals surface area contributed by atoms with E-state index < -0.39 is 35.6 Å². The van der Waals surface area contributed by atoms with Gasteiger partial charge in [-0.3, -0.25) is 14.4 Å². The SMILES string of the molecule is O=C1OCC=C[C@@H]2O[C@]34C=CCN(C5CCCCC5)C(=O)C3N(CCCCCCO)C(=O)[C@@H]4[C@H]12. The average molecular weight is 473 g/mol. The maximum atomic E-state index is 14.2. The molecule has 5 atom stereocenters. The lowest BCUT2D eigenvalue weighted by Gasteiger charge is -2.39. The van der Waals surface area contributed by atoms with Crippen molar-refractivity contribution in [3.8, 4) is 0 Å². The fourth-order valence-corrected chi connectivity index (χ4v) is 6.69. The van der Waals surface area contributed by atoms with Crippen LogP contribution in [0.25, 0.3) is 0 Å². The van der Waals surface area contributed by atoms with Crippen molar-refractivity contribution < 1.29 is 29.0 Å². The molecular formula is C26H36N2O6. The number of aliphatic hydroxyl groups excluding tert-OH is 1. The van der Waals surface area contributed by atoms with Crippen LogP contribution in [0.5, 0.6) is 0 Å². The van der Waals surface area contributed by atoms with Crippen molar-refractivity contribution in [3.05, 3.63) is 24.3 Å². The maximum Gasteiger partial charge on any atom is 0.313 e. The number of rotatable bonds is 7. The van der Waals surface area contributed by atoms with Crippen molar-refractivity contribution in [2.45, 2.75) is 81.6 Å². The maximum absolute atomic E-state index is 14.2. The zero-order chi connectivity index (χ0) is 23.7. The van der Waals surface area contributed by atoms with Crippen LogP contribution in [0, 0.1) is 11.8 Å². The van der Waals surface area contributed by atoms with Crippen LogP contribution in [-0.4, -0.2) is 82.8 Å². The first-order chi connectivity index (χ1) is 16.6. The van der Waals surface area contributed by atoms with Gasteiger partial charge < -0.3 is 24.4 Å². The Morgan fingerprint density at radius 1 is 1.00 bits per heavy atom. The van der Waals surface area contributed by atoms with Crippen LogP contribution in [0.4, 0.5) is 0 Å². The van der Waals surface area contributed by atoms with Gasteiger partial charge in [0.2, 0.25) is 11.8 Å². The van der Waals surface area contributed by atoms with Crippen molar-refractivity contribution in [1.29, 1.82) is 0 Å². The minimum absolute atomic E-state index is 0.0584. The second kappa shape index (κ2) is 9.82. The van der Waals surface area contributed by atoms with Crippen molar-refractivity contribution in [2.75, 3.05) is 26.3 Å². The van der Waals surface area contributed by atoms with E-state index in [1.807, 2.05) is 23.1 Å². The molecule has 3 fully saturated rings. The van der Waals surface area contributed by atoms with Gasteiger partial charge in [0.1, 0.15) is 24.2 Å². The van der Waals surface area contributed by atoms with E-state index in [-0.39, 0.29) is 31.1 Å². The summed E-state index contributed by atoms with van der Waals surface area (Å²) >= 11 is 0. The molecule has 2 saturated heterocycles. The molecule has 1 saturated carbocycles. The molecule has 0 bridgehead atoms.